The molecule has 2 aromatic carbocycles. The van der Waals surface area contributed by atoms with E-state index in [9.17, 15) is 0 Å². The molecule has 2 nitrogen and oxygen atoms in total. The van der Waals surface area contributed by atoms with E-state index in [1.54, 1.807) is 0 Å². The van der Waals surface area contributed by atoms with Crippen LogP contribution < -0.4 is 0 Å². The molecule has 0 atom stereocenters. The lowest BCUT2D eigenvalue weighted by Crippen LogP contribution is -1.91. The molecule has 0 N–H and O–H groups in total. The molecule has 0 saturated carbocycles. The van der Waals surface area contributed by atoms with Crippen molar-refractivity contribution in [2.24, 2.45) is 0 Å². The minimum Gasteiger partial charge on any atom is -0.228 e. The van der Waals surface area contributed by atoms with E-state index in [4.69, 9.17) is 9.97 Å². The van der Waals surface area contributed by atoms with Gasteiger partial charge in [-0.1, -0.05) is 59.7 Å². The first-order chi connectivity index (χ1) is 11.7. The Balaban J connectivity index is 1.80. The van der Waals surface area contributed by atoms with Crippen LogP contribution in [0.1, 0.15) is 11.1 Å². The maximum atomic E-state index is 4.77. The van der Waals surface area contributed by atoms with Gasteiger partial charge in [-0.2, -0.15) is 0 Å². The molecular formula is C22H18N2. The summed E-state index contributed by atoms with van der Waals surface area (Å²) < 4.78 is 0. The van der Waals surface area contributed by atoms with Crippen LogP contribution in [-0.4, -0.2) is 9.97 Å². The largest absolute Gasteiger partial charge is 0.228 e. The number of benzene rings is 2. The van der Waals surface area contributed by atoms with Gasteiger partial charge < -0.3 is 0 Å². The van der Waals surface area contributed by atoms with Crippen molar-refractivity contribution < 1.29 is 0 Å². The van der Waals surface area contributed by atoms with Gasteiger partial charge in [-0.3, -0.25) is 0 Å². The maximum absolute atomic E-state index is 4.77. The van der Waals surface area contributed by atoms with Crippen LogP contribution in [0, 0.1) is 13.8 Å². The van der Waals surface area contributed by atoms with Gasteiger partial charge in [0, 0.05) is 16.5 Å². The van der Waals surface area contributed by atoms with Crippen LogP contribution >= 0.6 is 0 Å². The van der Waals surface area contributed by atoms with Crippen molar-refractivity contribution in [2.75, 3.05) is 0 Å². The number of aromatic nitrogens is 2. The molecule has 0 radical (unpaired) electrons. The fraction of sp³-hybridized carbons (Fsp3) is 0.0909. The predicted octanol–water partition coefficient (Wildman–Crippen LogP) is 5.58. The number of rotatable bonds is 2. The zero-order valence-electron chi connectivity index (χ0n) is 13.8. The molecule has 0 fully saturated rings. The molecule has 0 bridgehead atoms. The van der Waals surface area contributed by atoms with Crippen LogP contribution in [0.5, 0.6) is 0 Å². The first kappa shape index (κ1) is 14.6. The van der Waals surface area contributed by atoms with Crippen LogP contribution in [0.3, 0.4) is 0 Å². The molecule has 4 rings (SSSR count). The Morgan fingerprint density at radius 2 is 0.917 bits per heavy atom. The van der Waals surface area contributed by atoms with Gasteiger partial charge in [0.05, 0.1) is 11.4 Å². The smallest absolute Gasteiger partial charge is 0.160 e. The van der Waals surface area contributed by atoms with Crippen molar-refractivity contribution in [1.82, 2.24) is 9.97 Å². The summed E-state index contributed by atoms with van der Waals surface area (Å²) in [6.45, 7) is 4.18. The molecule has 0 unspecified atom stereocenters. The van der Waals surface area contributed by atoms with Gasteiger partial charge >= 0.3 is 0 Å². The summed E-state index contributed by atoms with van der Waals surface area (Å²) in [5.41, 5.74) is 7.42. The van der Waals surface area contributed by atoms with Crippen LogP contribution in [0.4, 0.5) is 0 Å². The first-order valence-electron chi connectivity index (χ1n) is 8.11. The number of nitrogens with zero attached hydrogens (tertiary/aromatic N) is 2. The normalized spacial score (nSPS) is 10.9. The lowest BCUT2D eigenvalue weighted by molar-refractivity contribution is 1.28. The van der Waals surface area contributed by atoms with Crippen LogP contribution in [0.15, 0.2) is 72.8 Å². The Morgan fingerprint density at radius 1 is 0.500 bits per heavy atom. The summed E-state index contributed by atoms with van der Waals surface area (Å²) in [5.74, 6) is 0. The highest BCUT2D eigenvalue weighted by Gasteiger charge is 2.05. The van der Waals surface area contributed by atoms with Crippen molar-refractivity contribution >= 4 is 11.0 Å². The standard InChI is InChI=1S/C22H18N2/c1-15-3-7-17(8-4-15)20-13-11-19-12-14-21(24-22(19)23-20)18-9-5-16(2)6-10-18/h3-14H,1-2H3. The molecule has 0 aliphatic heterocycles. The molecule has 2 heterocycles. The second kappa shape index (κ2) is 5.89. The number of hydrogen-bond donors (Lipinski definition) is 0. The molecule has 4 aromatic rings. The highest BCUT2D eigenvalue weighted by Crippen LogP contribution is 2.24. The molecule has 116 valence electrons. The Kier molecular flexibility index (Phi) is 3.58. The Labute approximate surface area is 141 Å². The van der Waals surface area contributed by atoms with Gasteiger partial charge in [0.1, 0.15) is 0 Å². The topological polar surface area (TPSA) is 25.8 Å². The van der Waals surface area contributed by atoms with Gasteiger partial charge in [-0.05, 0) is 38.1 Å². The van der Waals surface area contributed by atoms with Crippen molar-refractivity contribution in [2.45, 2.75) is 13.8 Å². The van der Waals surface area contributed by atoms with Crippen LogP contribution in [0.2, 0.25) is 0 Å². The van der Waals surface area contributed by atoms with Crippen molar-refractivity contribution in [3.8, 4) is 22.5 Å². The van der Waals surface area contributed by atoms with Crippen molar-refractivity contribution in [3.63, 3.8) is 0 Å². The summed E-state index contributed by atoms with van der Waals surface area (Å²) in [6, 6.07) is 25.1. The average Bonchev–Trinajstić information content (AvgIpc) is 2.62. The van der Waals surface area contributed by atoms with E-state index in [1.165, 1.54) is 11.1 Å². The van der Waals surface area contributed by atoms with Gasteiger partial charge in [0.15, 0.2) is 5.65 Å². The van der Waals surface area contributed by atoms with E-state index in [0.29, 0.717) is 0 Å². The van der Waals surface area contributed by atoms with Crippen molar-refractivity contribution in [1.29, 1.82) is 0 Å². The van der Waals surface area contributed by atoms with Gasteiger partial charge in [-0.15, -0.1) is 0 Å². The van der Waals surface area contributed by atoms with Gasteiger partial charge in [-0.25, -0.2) is 9.97 Å². The third-order valence-corrected chi connectivity index (χ3v) is 4.25. The molecule has 0 aliphatic rings. The highest BCUT2D eigenvalue weighted by atomic mass is 14.9. The second-order valence-electron chi connectivity index (χ2n) is 6.17. The number of fused-ring (bicyclic) bond motifs is 1. The lowest BCUT2D eigenvalue weighted by Gasteiger charge is -2.06. The quantitative estimate of drug-likeness (QED) is 0.483. The Hall–Kier alpha value is -3.00. The zero-order valence-corrected chi connectivity index (χ0v) is 13.8. The highest BCUT2D eigenvalue weighted by molar-refractivity contribution is 5.81. The zero-order chi connectivity index (χ0) is 16.5. The molecule has 2 heteroatoms. The van der Waals surface area contributed by atoms with E-state index in [0.717, 1.165) is 33.5 Å². The van der Waals surface area contributed by atoms with E-state index < -0.39 is 0 Å². The van der Waals surface area contributed by atoms with Crippen LogP contribution in [-0.2, 0) is 0 Å². The van der Waals surface area contributed by atoms with E-state index >= 15 is 0 Å². The molecule has 0 aliphatic carbocycles. The maximum Gasteiger partial charge on any atom is 0.160 e. The number of pyridine rings is 2. The molecular weight excluding hydrogens is 292 g/mol. The molecule has 0 saturated heterocycles. The average molecular weight is 310 g/mol. The van der Waals surface area contributed by atoms with Gasteiger partial charge in [0.2, 0.25) is 0 Å². The third-order valence-electron chi connectivity index (χ3n) is 4.25. The number of aryl methyl sites for hydroxylation is 2. The van der Waals surface area contributed by atoms with Gasteiger partial charge in [0.25, 0.3) is 0 Å². The summed E-state index contributed by atoms with van der Waals surface area (Å²) in [7, 11) is 0. The fourth-order valence-corrected chi connectivity index (χ4v) is 2.77. The predicted molar refractivity (Wildman–Crippen MR) is 99.9 cm³/mol. The van der Waals surface area contributed by atoms with E-state index in [2.05, 4.69) is 86.6 Å². The summed E-state index contributed by atoms with van der Waals surface area (Å²) >= 11 is 0. The monoisotopic (exact) mass is 310 g/mol. The lowest BCUT2D eigenvalue weighted by atomic mass is 10.1. The molecule has 0 spiro atoms. The Bertz CT molecular complexity index is 920. The van der Waals surface area contributed by atoms with Crippen molar-refractivity contribution in [3.05, 3.63) is 83.9 Å². The van der Waals surface area contributed by atoms with E-state index in [1.807, 2.05) is 0 Å². The third kappa shape index (κ3) is 2.79. The summed E-state index contributed by atoms with van der Waals surface area (Å²) in [5, 5.41) is 1.06. The SMILES string of the molecule is Cc1ccc(-c2ccc3ccc(-c4ccc(C)cc4)nc3n2)cc1. The summed E-state index contributed by atoms with van der Waals surface area (Å²) in [6.07, 6.45) is 0. The minimum atomic E-state index is 0.783. The first-order valence-corrected chi connectivity index (χ1v) is 8.11. The van der Waals surface area contributed by atoms with E-state index in [-0.39, 0.29) is 0 Å². The minimum absolute atomic E-state index is 0.783. The fourth-order valence-electron chi connectivity index (χ4n) is 2.77. The summed E-state index contributed by atoms with van der Waals surface area (Å²) in [4.78, 5) is 9.54. The number of hydrogen-bond acceptors (Lipinski definition) is 2. The molecule has 0 amide bonds. The van der Waals surface area contributed by atoms with Crippen LogP contribution in [0.25, 0.3) is 33.5 Å². The molecule has 24 heavy (non-hydrogen) atoms. The second-order valence-corrected chi connectivity index (χ2v) is 6.17. The Morgan fingerprint density at radius 3 is 1.33 bits per heavy atom. The molecule has 2 aromatic heterocycles.